The maximum Gasteiger partial charge on any atom is 0.257 e. The molecule has 0 unspecified atom stereocenters. The van der Waals surface area contributed by atoms with Crippen LogP contribution < -0.4 is 5.43 Å². The van der Waals surface area contributed by atoms with Crippen molar-refractivity contribution in [3.8, 4) is 0 Å². The maximum absolute atomic E-state index is 11.5. The minimum atomic E-state index is -0.129. The van der Waals surface area contributed by atoms with Crippen LogP contribution in [-0.4, -0.2) is 22.0 Å². The lowest BCUT2D eigenvalue weighted by atomic mass is 9.76. The van der Waals surface area contributed by atoms with E-state index in [1.165, 1.54) is 6.08 Å². The summed E-state index contributed by atoms with van der Waals surface area (Å²) in [6.45, 7) is 14.5. The van der Waals surface area contributed by atoms with Crippen molar-refractivity contribution in [1.82, 2.24) is 10.4 Å². The Balaban J connectivity index is 2.92. The van der Waals surface area contributed by atoms with Gasteiger partial charge in [0.25, 0.3) is 5.91 Å². The van der Waals surface area contributed by atoms with E-state index in [9.17, 15) is 4.79 Å². The van der Waals surface area contributed by atoms with Crippen molar-refractivity contribution in [2.45, 2.75) is 58.5 Å². The first-order chi connectivity index (χ1) is 7.19. The summed E-state index contributed by atoms with van der Waals surface area (Å²) in [5.41, 5.74) is 2.92. The second kappa shape index (κ2) is 4.21. The van der Waals surface area contributed by atoms with E-state index in [1.807, 2.05) is 0 Å². The third-order valence-electron chi connectivity index (χ3n) is 3.31. The van der Waals surface area contributed by atoms with E-state index in [1.54, 1.807) is 0 Å². The zero-order chi connectivity index (χ0) is 12.6. The highest BCUT2D eigenvalue weighted by Gasteiger charge is 2.44. The van der Waals surface area contributed by atoms with Crippen LogP contribution in [0, 0.1) is 5.92 Å². The second-order valence-electron chi connectivity index (χ2n) is 6.15. The van der Waals surface area contributed by atoms with Crippen LogP contribution in [0.15, 0.2) is 12.7 Å². The largest absolute Gasteiger partial charge is 0.284 e. The zero-order valence-corrected chi connectivity index (χ0v) is 11.1. The summed E-state index contributed by atoms with van der Waals surface area (Å²) >= 11 is 0. The molecule has 1 aliphatic rings. The van der Waals surface area contributed by atoms with E-state index in [0.717, 1.165) is 12.8 Å². The Morgan fingerprint density at radius 1 is 1.31 bits per heavy atom. The smallest absolute Gasteiger partial charge is 0.257 e. The minimum absolute atomic E-state index is 0.0141. The molecule has 0 aliphatic carbocycles. The lowest BCUT2D eigenvalue weighted by Gasteiger charge is -2.54. The molecule has 1 amide bonds. The SMILES string of the molecule is C=CC(=O)NN1C(C)(C)CC(C)CC1(C)C. The summed E-state index contributed by atoms with van der Waals surface area (Å²) in [4.78, 5) is 11.5. The number of nitrogens with zero attached hydrogens (tertiary/aromatic N) is 1. The average Bonchev–Trinajstić information content (AvgIpc) is 2.08. The van der Waals surface area contributed by atoms with Crippen LogP contribution >= 0.6 is 0 Å². The summed E-state index contributed by atoms with van der Waals surface area (Å²) in [6, 6.07) is 0. The van der Waals surface area contributed by atoms with Crippen molar-refractivity contribution in [3.63, 3.8) is 0 Å². The van der Waals surface area contributed by atoms with Gasteiger partial charge in [-0.1, -0.05) is 13.5 Å². The van der Waals surface area contributed by atoms with E-state index in [2.05, 4.69) is 51.6 Å². The van der Waals surface area contributed by atoms with Gasteiger partial charge in [-0.15, -0.1) is 0 Å². The van der Waals surface area contributed by atoms with Crippen molar-refractivity contribution < 1.29 is 4.79 Å². The predicted octanol–water partition coefficient (Wildman–Crippen LogP) is 2.49. The Labute approximate surface area is 98.9 Å². The molecular formula is C13H24N2O. The van der Waals surface area contributed by atoms with Gasteiger partial charge in [-0.3, -0.25) is 10.2 Å². The molecule has 1 aliphatic heterocycles. The summed E-state index contributed by atoms with van der Waals surface area (Å²) in [6.07, 6.45) is 3.51. The monoisotopic (exact) mass is 224 g/mol. The van der Waals surface area contributed by atoms with Crippen LogP contribution in [0.25, 0.3) is 0 Å². The molecule has 0 radical (unpaired) electrons. The maximum atomic E-state index is 11.5. The molecule has 0 bridgehead atoms. The molecule has 0 aromatic carbocycles. The highest BCUT2D eigenvalue weighted by Crippen LogP contribution is 2.39. The van der Waals surface area contributed by atoms with Crippen LogP contribution in [0.1, 0.15) is 47.5 Å². The molecule has 3 nitrogen and oxygen atoms in total. The standard InChI is InChI=1S/C13H24N2O/c1-7-11(16)14-15-12(3,4)8-10(2)9-13(15,5)6/h7,10H,1,8-9H2,2-6H3,(H,14,16). The number of hydrazine groups is 1. The van der Waals surface area contributed by atoms with Crippen molar-refractivity contribution in [1.29, 1.82) is 0 Å². The number of rotatable bonds is 2. The van der Waals surface area contributed by atoms with E-state index < -0.39 is 0 Å². The number of nitrogens with one attached hydrogen (secondary N) is 1. The van der Waals surface area contributed by atoms with Gasteiger partial charge in [-0.2, -0.15) is 0 Å². The first-order valence-corrected chi connectivity index (χ1v) is 5.92. The van der Waals surface area contributed by atoms with Gasteiger partial charge in [0, 0.05) is 11.1 Å². The van der Waals surface area contributed by atoms with Gasteiger partial charge in [-0.25, -0.2) is 5.01 Å². The minimum Gasteiger partial charge on any atom is -0.284 e. The number of carbonyl (C=O) groups is 1. The summed E-state index contributed by atoms with van der Waals surface area (Å²) in [5, 5.41) is 2.09. The molecule has 1 rings (SSSR count). The number of piperidine rings is 1. The Bertz CT molecular complexity index is 276. The van der Waals surface area contributed by atoms with Gasteiger partial charge >= 0.3 is 0 Å². The van der Waals surface area contributed by atoms with Gasteiger partial charge in [0.15, 0.2) is 0 Å². The highest BCUT2D eigenvalue weighted by atomic mass is 16.2. The fourth-order valence-corrected chi connectivity index (χ4v) is 3.24. The number of hydrogen-bond donors (Lipinski definition) is 1. The number of amides is 1. The van der Waals surface area contributed by atoms with E-state index in [0.29, 0.717) is 5.92 Å². The molecule has 1 saturated heterocycles. The van der Waals surface area contributed by atoms with E-state index in [4.69, 9.17) is 0 Å². The first kappa shape index (κ1) is 13.2. The lowest BCUT2D eigenvalue weighted by Crippen LogP contribution is -2.66. The molecule has 0 atom stereocenters. The molecule has 0 saturated carbocycles. The van der Waals surface area contributed by atoms with Gasteiger partial charge < -0.3 is 0 Å². The van der Waals surface area contributed by atoms with Crippen molar-refractivity contribution in [3.05, 3.63) is 12.7 Å². The Kier molecular flexibility index (Phi) is 3.48. The number of hydrogen-bond acceptors (Lipinski definition) is 2. The zero-order valence-electron chi connectivity index (χ0n) is 11.1. The van der Waals surface area contributed by atoms with Crippen LogP contribution in [0.5, 0.6) is 0 Å². The molecule has 1 N–H and O–H groups in total. The Hall–Kier alpha value is -0.830. The van der Waals surface area contributed by atoms with Crippen molar-refractivity contribution in [2.75, 3.05) is 0 Å². The fraction of sp³-hybridized carbons (Fsp3) is 0.769. The predicted molar refractivity (Wildman–Crippen MR) is 66.7 cm³/mol. The van der Waals surface area contributed by atoms with E-state index >= 15 is 0 Å². The summed E-state index contributed by atoms with van der Waals surface area (Å²) in [5.74, 6) is 0.553. The highest BCUT2D eigenvalue weighted by molar-refractivity contribution is 5.86. The molecule has 0 aromatic heterocycles. The molecule has 0 spiro atoms. The van der Waals surface area contributed by atoms with Crippen molar-refractivity contribution in [2.24, 2.45) is 5.92 Å². The topological polar surface area (TPSA) is 32.3 Å². The van der Waals surface area contributed by atoms with Crippen LogP contribution in [0.3, 0.4) is 0 Å². The summed E-state index contributed by atoms with van der Waals surface area (Å²) < 4.78 is 0. The van der Waals surface area contributed by atoms with Gasteiger partial charge in [0.2, 0.25) is 0 Å². The summed E-state index contributed by atoms with van der Waals surface area (Å²) in [7, 11) is 0. The molecule has 1 fully saturated rings. The second-order valence-corrected chi connectivity index (χ2v) is 6.15. The molecule has 3 heteroatoms. The quantitative estimate of drug-likeness (QED) is 0.731. The molecular weight excluding hydrogens is 200 g/mol. The first-order valence-electron chi connectivity index (χ1n) is 5.92. The average molecular weight is 224 g/mol. The third kappa shape index (κ3) is 2.64. The number of carbonyl (C=O) groups excluding carboxylic acids is 1. The van der Waals surface area contributed by atoms with Crippen LogP contribution in [0.4, 0.5) is 0 Å². The third-order valence-corrected chi connectivity index (χ3v) is 3.31. The molecule has 0 aromatic rings. The van der Waals surface area contributed by atoms with Crippen LogP contribution in [0.2, 0.25) is 0 Å². The van der Waals surface area contributed by atoms with Gasteiger partial charge in [0.05, 0.1) is 0 Å². The van der Waals surface area contributed by atoms with Gasteiger partial charge in [-0.05, 0) is 52.5 Å². The van der Waals surface area contributed by atoms with Crippen LogP contribution in [-0.2, 0) is 4.79 Å². The molecule has 16 heavy (non-hydrogen) atoms. The molecule has 1 heterocycles. The van der Waals surface area contributed by atoms with E-state index in [-0.39, 0.29) is 17.0 Å². The Morgan fingerprint density at radius 3 is 2.12 bits per heavy atom. The van der Waals surface area contributed by atoms with Crippen molar-refractivity contribution >= 4 is 5.91 Å². The molecule has 92 valence electrons. The Morgan fingerprint density at radius 2 is 1.75 bits per heavy atom. The van der Waals surface area contributed by atoms with Gasteiger partial charge in [0.1, 0.15) is 0 Å². The fourth-order valence-electron chi connectivity index (χ4n) is 3.24. The lowest BCUT2D eigenvalue weighted by molar-refractivity contribution is -0.137. The normalized spacial score (nSPS) is 25.1.